The second-order valence-corrected chi connectivity index (χ2v) is 23.1. The van der Waals surface area contributed by atoms with Gasteiger partial charge in [-0.15, -0.1) is 0 Å². The number of ether oxygens (including phenoxy) is 2. The Balaban J connectivity index is 1.09. The Bertz CT molecular complexity index is 2450. The lowest BCUT2D eigenvalue weighted by atomic mass is 9.70. The van der Waals surface area contributed by atoms with Gasteiger partial charge in [-0.3, -0.25) is 4.79 Å². The van der Waals surface area contributed by atoms with E-state index in [0.717, 1.165) is 38.9 Å². The second kappa shape index (κ2) is 17.9. The highest BCUT2D eigenvalue weighted by molar-refractivity contribution is 6.74. The Morgan fingerprint density at radius 3 is 1.77 bits per heavy atom. The molecule has 2 aliphatic carbocycles. The quantitative estimate of drug-likeness (QED) is 0.0672. The van der Waals surface area contributed by atoms with Crippen LogP contribution in [0.3, 0.4) is 0 Å². The third-order valence-corrected chi connectivity index (χ3v) is 17.6. The zero-order chi connectivity index (χ0) is 45.1. The van der Waals surface area contributed by atoms with Crippen LogP contribution >= 0.6 is 0 Å². The molecule has 0 bridgehead atoms. The predicted octanol–water partition coefficient (Wildman–Crippen LogP) is 9.87. The SMILES string of the molecule is CC(C)(C)[Si](C)(C)OCC1CC(OC(N)=O)(c2noc(C(CC(=O)NC(c3ccccc3)(c3ccccc3)c3ccccc3)NC(=O)OCC3c4ccccc4-c4ccccc43)n2)C1. The predicted molar refractivity (Wildman–Crippen MR) is 245 cm³/mol. The monoisotopic (exact) mass is 877 g/mol. The fourth-order valence-electron chi connectivity index (χ4n) is 8.81. The first-order valence-corrected chi connectivity index (χ1v) is 24.7. The molecule has 1 aromatic heterocycles. The zero-order valence-corrected chi connectivity index (χ0v) is 37.9. The van der Waals surface area contributed by atoms with Crippen molar-refractivity contribution in [3.05, 3.63) is 179 Å². The van der Waals surface area contributed by atoms with Gasteiger partial charge in [0.15, 0.2) is 13.9 Å². The van der Waals surface area contributed by atoms with E-state index in [4.69, 9.17) is 29.1 Å². The smallest absolute Gasteiger partial charge is 0.407 e. The molecule has 1 unspecified atom stereocenters. The number of hydrogen-bond donors (Lipinski definition) is 3. The van der Waals surface area contributed by atoms with Gasteiger partial charge in [0.1, 0.15) is 18.2 Å². The van der Waals surface area contributed by atoms with Gasteiger partial charge in [-0.2, -0.15) is 4.98 Å². The lowest BCUT2D eigenvalue weighted by Crippen LogP contribution is -2.50. The summed E-state index contributed by atoms with van der Waals surface area (Å²) in [6.07, 6.45) is -1.40. The van der Waals surface area contributed by atoms with Gasteiger partial charge in [0.25, 0.3) is 0 Å². The minimum absolute atomic E-state index is 0.0185. The first-order valence-electron chi connectivity index (χ1n) is 21.7. The van der Waals surface area contributed by atoms with Crippen LogP contribution in [0.5, 0.6) is 0 Å². The molecule has 0 saturated heterocycles. The average Bonchev–Trinajstić information content (AvgIpc) is 3.90. The summed E-state index contributed by atoms with van der Waals surface area (Å²) < 4.78 is 24.1. The summed E-state index contributed by atoms with van der Waals surface area (Å²) in [5.74, 6) is -0.586. The van der Waals surface area contributed by atoms with Crippen molar-refractivity contribution in [3.63, 3.8) is 0 Å². The molecule has 4 N–H and O–H groups in total. The van der Waals surface area contributed by atoms with Crippen LogP contribution in [-0.2, 0) is 29.8 Å². The fraction of sp³-hybridized carbons (Fsp3) is 0.314. The van der Waals surface area contributed by atoms with Crippen LogP contribution in [0.2, 0.25) is 18.1 Å². The van der Waals surface area contributed by atoms with E-state index in [1.807, 2.05) is 127 Å². The number of primary amides is 1. The van der Waals surface area contributed by atoms with Crippen molar-refractivity contribution in [2.24, 2.45) is 11.7 Å². The maximum absolute atomic E-state index is 14.8. The summed E-state index contributed by atoms with van der Waals surface area (Å²) in [7, 11) is -2.06. The van der Waals surface area contributed by atoms with Crippen LogP contribution in [0.1, 0.15) is 91.5 Å². The van der Waals surface area contributed by atoms with Gasteiger partial charge in [0, 0.05) is 12.5 Å². The van der Waals surface area contributed by atoms with E-state index >= 15 is 0 Å². The highest BCUT2D eigenvalue weighted by atomic mass is 28.4. The van der Waals surface area contributed by atoms with Crippen molar-refractivity contribution in [1.29, 1.82) is 0 Å². The Morgan fingerprint density at radius 1 is 0.766 bits per heavy atom. The molecule has 3 amide bonds. The number of hydrogen-bond acceptors (Lipinski definition) is 9. The van der Waals surface area contributed by atoms with Gasteiger partial charge in [0.05, 0.1) is 6.42 Å². The average molecular weight is 878 g/mol. The normalized spacial score (nSPS) is 17.6. The molecular weight excluding hydrogens is 823 g/mol. The molecule has 330 valence electrons. The lowest BCUT2D eigenvalue weighted by molar-refractivity contribution is -0.123. The number of aromatic nitrogens is 2. The molecule has 1 heterocycles. The van der Waals surface area contributed by atoms with Crippen LogP contribution in [-0.4, -0.2) is 49.8 Å². The second-order valence-electron chi connectivity index (χ2n) is 18.3. The van der Waals surface area contributed by atoms with Crippen LogP contribution in [0.15, 0.2) is 144 Å². The number of nitrogens with zero attached hydrogens (tertiary/aromatic N) is 2. The maximum atomic E-state index is 14.8. The van der Waals surface area contributed by atoms with E-state index in [9.17, 15) is 14.4 Å². The lowest BCUT2D eigenvalue weighted by Gasteiger charge is -2.45. The maximum Gasteiger partial charge on any atom is 0.407 e. The molecule has 12 nitrogen and oxygen atoms in total. The summed E-state index contributed by atoms with van der Waals surface area (Å²) >= 11 is 0. The van der Waals surface area contributed by atoms with Crippen molar-refractivity contribution >= 4 is 26.4 Å². The first-order chi connectivity index (χ1) is 30.7. The van der Waals surface area contributed by atoms with Gasteiger partial charge < -0.3 is 34.8 Å². The number of nitrogens with one attached hydrogen (secondary N) is 2. The Hall–Kier alpha value is -6.57. The largest absolute Gasteiger partial charge is 0.449 e. The molecule has 6 aromatic rings. The number of rotatable bonds is 15. The molecule has 64 heavy (non-hydrogen) atoms. The van der Waals surface area contributed by atoms with E-state index in [-0.39, 0.29) is 41.6 Å². The molecule has 1 atom stereocenters. The molecule has 2 aliphatic rings. The molecule has 1 fully saturated rings. The summed E-state index contributed by atoms with van der Waals surface area (Å²) in [6, 6.07) is 44.2. The highest BCUT2D eigenvalue weighted by Crippen LogP contribution is 2.49. The third kappa shape index (κ3) is 8.82. The number of carbonyl (C=O) groups excluding carboxylic acids is 3. The third-order valence-electron chi connectivity index (χ3n) is 13.1. The first kappa shape index (κ1) is 44.1. The van der Waals surface area contributed by atoms with Gasteiger partial charge in [0.2, 0.25) is 17.6 Å². The number of carbonyl (C=O) groups is 3. The van der Waals surface area contributed by atoms with E-state index in [1.165, 1.54) is 0 Å². The molecule has 0 radical (unpaired) electrons. The summed E-state index contributed by atoms with van der Waals surface area (Å²) in [5, 5.41) is 10.5. The van der Waals surface area contributed by atoms with Gasteiger partial charge in [-0.25, -0.2) is 9.59 Å². The van der Waals surface area contributed by atoms with Crippen LogP contribution < -0.4 is 16.4 Å². The van der Waals surface area contributed by atoms with Gasteiger partial charge in [-0.1, -0.05) is 165 Å². The number of benzene rings is 5. The molecule has 13 heteroatoms. The van der Waals surface area contributed by atoms with Crippen LogP contribution in [0, 0.1) is 5.92 Å². The molecule has 8 rings (SSSR count). The molecular formula is C51H55N5O7Si. The van der Waals surface area contributed by atoms with Crippen molar-refractivity contribution in [2.75, 3.05) is 13.2 Å². The van der Waals surface area contributed by atoms with E-state index in [1.54, 1.807) is 0 Å². The van der Waals surface area contributed by atoms with Crippen LogP contribution in [0.4, 0.5) is 9.59 Å². The molecule has 0 spiro atoms. The molecule has 0 aliphatic heterocycles. The van der Waals surface area contributed by atoms with Crippen LogP contribution in [0.25, 0.3) is 11.1 Å². The standard InChI is InChI=1S/C51H55N5O7Si/c1-49(2,3)64(4,5)61-32-34-30-50(31-34,62-47(52)58)46-54-45(63-56-46)43(53-48(59)60-33-42-40-27-17-15-25-38(40)39-26-16-18-28-41(39)42)29-44(57)55-51(35-19-9-6-10-20-35,36-21-11-7-12-22-36)37-23-13-8-14-24-37/h6-28,34,42-43H,29-33H2,1-5H3,(H2,52,58)(H,53,59)(H,55,57). The van der Waals surface area contributed by atoms with Crippen molar-refractivity contribution in [3.8, 4) is 11.1 Å². The zero-order valence-electron chi connectivity index (χ0n) is 36.9. The van der Waals surface area contributed by atoms with Crippen molar-refractivity contribution in [2.45, 2.75) is 81.3 Å². The minimum Gasteiger partial charge on any atom is -0.449 e. The summed E-state index contributed by atoms with van der Waals surface area (Å²) in [5.41, 5.74) is 9.97. The Morgan fingerprint density at radius 2 is 1.27 bits per heavy atom. The molecule has 1 saturated carbocycles. The number of alkyl carbamates (subject to hydrolysis) is 1. The van der Waals surface area contributed by atoms with E-state index in [2.05, 4.69) is 61.8 Å². The number of nitrogens with two attached hydrogens (primary N) is 1. The van der Waals surface area contributed by atoms with Gasteiger partial charge >= 0.3 is 12.2 Å². The van der Waals surface area contributed by atoms with Gasteiger partial charge in [-0.05, 0) is 75.8 Å². The van der Waals surface area contributed by atoms with E-state index < -0.39 is 43.6 Å². The number of amides is 3. The fourth-order valence-corrected chi connectivity index (χ4v) is 9.89. The summed E-state index contributed by atoms with van der Waals surface area (Å²) in [6.45, 7) is 11.4. The highest BCUT2D eigenvalue weighted by Gasteiger charge is 2.53. The van der Waals surface area contributed by atoms with Crippen molar-refractivity contribution < 1.29 is 32.8 Å². The summed E-state index contributed by atoms with van der Waals surface area (Å²) in [4.78, 5) is 45.8. The minimum atomic E-state index is -2.06. The Kier molecular flexibility index (Phi) is 12.3. The molecule has 5 aromatic carbocycles. The Labute approximate surface area is 375 Å². The van der Waals surface area contributed by atoms with E-state index in [0.29, 0.717) is 19.4 Å². The topological polar surface area (TPSA) is 168 Å². The number of fused-ring (bicyclic) bond motifs is 3. The van der Waals surface area contributed by atoms with Crippen molar-refractivity contribution in [1.82, 2.24) is 20.8 Å².